The predicted octanol–water partition coefficient (Wildman–Crippen LogP) is 4.15. The van der Waals surface area contributed by atoms with Gasteiger partial charge in [-0.15, -0.1) is 0 Å². The second kappa shape index (κ2) is 8.90. The summed E-state index contributed by atoms with van der Waals surface area (Å²) >= 11 is 0. The van der Waals surface area contributed by atoms with Crippen LogP contribution in [0.2, 0.25) is 0 Å². The maximum Gasteiger partial charge on any atom is 0.419 e. The lowest BCUT2D eigenvalue weighted by Gasteiger charge is -2.14. The molecule has 0 aliphatic carbocycles. The van der Waals surface area contributed by atoms with Crippen LogP contribution in [0.15, 0.2) is 65.8 Å². The van der Waals surface area contributed by atoms with Crippen LogP contribution < -0.4 is 11.0 Å². The molecule has 0 aliphatic heterocycles. The third-order valence-corrected chi connectivity index (χ3v) is 5.13. The molecule has 4 rings (SSSR count). The third-order valence-electron chi connectivity index (χ3n) is 5.13. The summed E-state index contributed by atoms with van der Waals surface area (Å²) in [6, 6.07) is 12.4. The number of pyridine rings is 2. The van der Waals surface area contributed by atoms with Crippen molar-refractivity contribution >= 4 is 11.7 Å². The number of nitrogens with zero attached hydrogens (tertiary/aromatic N) is 5. The molecule has 0 aliphatic rings. The number of hydrogen-bond acceptors (Lipinski definition) is 5. The minimum atomic E-state index is -4.75. The van der Waals surface area contributed by atoms with Crippen LogP contribution in [0.5, 0.6) is 0 Å². The van der Waals surface area contributed by atoms with Gasteiger partial charge in [-0.05, 0) is 42.0 Å². The van der Waals surface area contributed by atoms with E-state index in [4.69, 9.17) is 0 Å². The Morgan fingerprint density at radius 2 is 1.89 bits per heavy atom. The highest BCUT2D eigenvalue weighted by Gasteiger charge is 2.35. The summed E-state index contributed by atoms with van der Waals surface area (Å²) in [6.45, 7) is 1.09. The van der Waals surface area contributed by atoms with Gasteiger partial charge in [-0.1, -0.05) is 6.07 Å². The number of imidazole rings is 1. The van der Waals surface area contributed by atoms with Gasteiger partial charge in [0.2, 0.25) is 5.91 Å². The van der Waals surface area contributed by atoms with E-state index in [1.807, 2.05) is 6.07 Å². The van der Waals surface area contributed by atoms with E-state index >= 15 is 0 Å². The summed E-state index contributed by atoms with van der Waals surface area (Å²) in [6.07, 6.45) is -0.573. The van der Waals surface area contributed by atoms with Crippen LogP contribution in [-0.2, 0) is 18.0 Å². The summed E-state index contributed by atoms with van der Waals surface area (Å²) in [5.74, 6) is -1.26. The molecule has 0 saturated carbocycles. The van der Waals surface area contributed by atoms with Crippen LogP contribution >= 0.6 is 0 Å². The van der Waals surface area contributed by atoms with Crippen LogP contribution in [-0.4, -0.2) is 25.0 Å². The minimum absolute atomic E-state index is 0.145. The lowest BCUT2D eigenvalue weighted by atomic mass is 10.0. The zero-order valence-electron chi connectivity index (χ0n) is 18.5. The molecular formula is C24H17F3N6O2. The van der Waals surface area contributed by atoms with Gasteiger partial charge in [0.25, 0.3) is 0 Å². The number of carbonyl (C=O) groups is 1. The van der Waals surface area contributed by atoms with Crippen molar-refractivity contribution in [2.24, 2.45) is 7.05 Å². The molecular weight excluding hydrogens is 461 g/mol. The second-order valence-electron chi connectivity index (χ2n) is 7.63. The average molecular weight is 478 g/mol. The first-order valence-corrected chi connectivity index (χ1v) is 10.2. The Labute approximate surface area is 196 Å². The van der Waals surface area contributed by atoms with Gasteiger partial charge in [0.05, 0.1) is 34.3 Å². The van der Waals surface area contributed by atoms with Crippen molar-refractivity contribution in [2.45, 2.75) is 13.1 Å². The smallest absolute Gasteiger partial charge is 0.310 e. The van der Waals surface area contributed by atoms with E-state index in [1.165, 1.54) is 33.7 Å². The number of hydrogen-bond donors (Lipinski definition) is 1. The minimum Gasteiger partial charge on any atom is -0.310 e. The van der Waals surface area contributed by atoms with Crippen LogP contribution in [0.3, 0.4) is 0 Å². The molecule has 4 aromatic rings. The molecule has 3 aromatic heterocycles. The standard InChI is InChI=1S/C24H17F3N6O2/c1-14(34)31-22-19(24(25,26)27)9-17(12-30-22)16-6-7-29-20(10-16)21-13-32(2)23(35)33(21)18-5-3-4-15(8-18)11-28/h3-10,12-13H,1-2H3,(H,30,31,34). The predicted molar refractivity (Wildman–Crippen MR) is 121 cm³/mol. The molecule has 0 saturated heterocycles. The number of aryl methyl sites for hydroxylation is 1. The van der Waals surface area contributed by atoms with Gasteiger partial charge in [-0.25, -0.2) is 9.78 Å². The quantitative estimate of drug-likeness (QED) is 0.475. The molecule has 1 aromatic carbocycles. The Kier molecular flexibility index (Phi) is 5.96. The van der Waals surface area contributed by atoms with Gasteiger partial charge in [-0.2, -0.15) is 18.4 Å². The number of aromatic nitrogens is 4. The van der Waals surface area contributed by atoms with Crippen molar-refractivity contribution in [1.29, 1.82) is 5.26 Å². The van der Waals surface area contributed by atoms with Crippen molar-refractivity contribution < 1.29 is 18.0 Å². The van der Waals surface area contributed by atoms with E-state index in [-0.39, 0.29) is 11.3 Å². The lowest BCUT2D eigenvalue weighted by Crippen LogP contribution is -2.21. The maximum atomic E-state index is 13.6. The van der Waals surface area contributed by atoms with E-state index in [2.05, 4.69) is 15.3 Å². The number of carbonyl (C=O) groups excluding carboxylic acids is 1. The number of anilines is 1. The largest absolute Gasteiger partial charge is 0.419 e. The van der Waals surface area contributed by atoms with E-state index in [9.17, 15) is 28.0 Å². The fourth-order valence-electron chi connectivity index (χ4n) is 3.56. The first-order chi connectivity index (χ1) is 16.6. The molecule has 1 amide bonds. The van der Waals surface area contributed by atoms with Gasteiger partial charge in [-0.3, -0.25) is 14.3 Å². The highest BCUT2D eigenvalue weighted by molar-refractivity contribution is 5.89. The van der Waals surface area contributed by atoms with Crippen LogP contribution in [0.25, 0.3) is 28.2 Å². The molecule has 35 heavy (non-hydrogen) atoms. The van der Waals surface area contributed by atoms with Crippen molar-refractivity contribution in [3.8, 4) is 34.3 Å². The van der Waals surface area contributed by atoms with Gasteiger partial charge >= 0.3 is 11.9 Å². The molecule has 11 heteroatoms. The van der Waals surface area contributed by atoms with Gasteiger partial charge < -0.3 is 9.88 Å². The van der Waals surface area contributed by atoms with Crippen LogP contribution in [0.1, 0.15) is 18.1 Å². The Morgan fingerprint density at radius 1 is 1.11 bits per heavy atom. The maximum absolute atomic E-state index is 13.6. The number of benzene rings is 1. The molecule has 176 valence electrons. The summed E-state index contributed by atoms with van der Waals surface area (Å²) in [5, 5.41) is 11.3. The second-order valence-corrected chi connectivity index (χ2v) is 7.63. The molecule has 3 heterocycles. The zero-order valence-corrected chi connectivity index (χ0v) is 18.5. The number of halogens is 3. The molecule has 0 radical (unpaired) electrons. The molecule has 0 atom stereocenters. The van der Waals surface area contributed by atoms with Gasteiger partial charge in [0.15, 0.2) is 0 Å². The van der Waals surface area contributed by atoms with Crippen LogP contribution in [0.4, 0.5) is 19.0 Å². The molecule has 8 nitrogen and oxygen atoms in total. The van der Waals surface area contributed by atoms with Gasteiger partial charge in [0.1, 0.15) is 5.82 Å². The summed E-state index contributed by atoms with van der Waals surface area (Å²) in [5.41, 5.74) is 0.544. The van der Waals surface area contributed by atoms with E-state index < -0.39 is 23.5 Å². The monoisotopic (exact) mass is 478 g/mol. The molecule has 0 fully saturated rings. The molecule has 0 spiro atoms. The summed E-state index contributed by atoms with van der Waals surface area (Å²) < 4.78 is 43.6. The first-order valence-electron chi connectivity index (χ1n) is 10.2. The number of nitriles is 1. The zero-order chi connectivity index (χ0) is 25.3. The fourth-order valence-corrected chi connectivity index (χ4v) is 3.56. The number of nitrogens with one attached hydrogen (secondary N) is 1. The van der Waals surface area contributed by atoms with Crippen molar-refractivity contribution in [2.75, 3.05) is 5.32 Å². The normalized spacial score (nSPS) is 11.2. The Balaban J connectivity index is 1.85. The Hall–Kier alpha value is -4.72. The van der Waals surface area contributed by atoms with Gasteiger partial charge in [0, 0.05) is 38.1 Å². The lowest BCUT2D eigenvalue weighted by molar-refractivity contribution is -0.137. The topological polar surface area (TPSA) is 106 Å². The Bertz CT molecular complexity index is 1550. The fraction of sp³-hybridized carbons (Fsp3) is 0.125. The summed E-state index contributed by atoms with van der Waals surface area (Å²) in [7, 11) is 1.56. The molecule has 0 bridgehead atoms. The SMILES string of the molecule is CC(=O)Nc1ncc(-c2ccnc(-c3cn(C)c(=O)n3-c3cccc(C#N)c3)c2)cc1C(F)(F)F. The summed E-state index contributed by atoms with van der Waals surface area (Å²) in [4.78, 5) is 32.3. The van der Waals surface area contributed by atoms with E-state index in [0.29, 0.717) is 28.2 Å². The number of amides is 1. The molecule has 1 N–H and O–H groups in total. The Morgan fingerprint density at radius 3 is 2.57 bits per heavy atom. The highest BCUT2D eigenvalue weighted by atomic mass is 19.4. The van der Waals surface area contributed by atoms with Crippen molar-refractivity contribution in [3.63, 3.8) is 0 Å². The number of rotatable bonds is 4. The van der Waals surface area contributed by atoms with Crippen molar-refractivity contribution in [1.82, 2.24) is 19.1 Å². The average Bonchev–Trinajstić information content (AvgIpc) is 3.12. The van der Waals surface area contributed by atoms with Crippen LogP contribution in [0, 0.1) is 11.3 Å². The first kappa shape index (κ1) is 23.4. The highest BCUT2D eigenvalue weighted by Crippen LogP contribution is 2.36. The third kappa shape index (κ3) is 4.67. The van der Waals surface area contributed by atoms with Crippen molar-refractivity contribution in [3.05, 3.63) is 82.7 Å². The molecule has 0 unspecified atom stereocenters. The number of alkyl halides is 3. The van der Waals surface area contributed by atoms with E-state index in [0.717, 1.165) is 13.0 Å². The van der Waals surface area contributed by atoms with E-state index in [1.54, 1.807) is 37.5 Å².